The van der Waals surface area contributed by atoms with E-state index in [4.69, 9.17) is 16.0 Å². The Labute approximate surface area is 201 Å². The van der Waals surface area contributed by atoms with Gasteiger partial charge in [0.05, 0.1) is 17.0 Å². The van der Waals surface area contributed by atoms with E-state index in [1.165, 1.54) is 12.1 Å². The fraction of sp³-hybridized carbons (Fsp3) is 0.214. The van der Waals surface area contributed by atoms with Gasteiger partial charge in [-0.1, -0.05) is 68.8 Å². The largest absolute Gasteiger partial charge is 0.450 e. The van der Waals surface area contributed by atoms with Gasteiger partial charge in [0.1, 0.15) is 11.4 Å². The van der Waals surface area contributed by atoms with Crippen LogP contribution in [0.3, 0.4) is 0 Å². The fourth-order valence-electron chi connectivity index (χ4n) is 4.45. The van der Waals surface area contributed by atoms with Gasteiger partial charge in [0, 0.05) is 11.6 Å². The lowest BCUT2D eigenvalue weighted by molar-refractivity contribution is 0.0714. The van der Waals surface area contributed by atoms with Crippen molar-refractivity contribution in [2.24, 2.45) is 0 Å². The molecule has 1 amide bonds. The maximum Gasteiger partial charge on any atom is 0.291 e. The molecule has 5 rings (SSSR count). The van der Waals surface area contributed by atoms with Crippen LogP contribution < -0.4 is 5.43 Å². The first-order valence-electron chi connectivity index (χ1n) is 11.1. The standard InChI is InChI=1S/C28H23ClFNO3/c1-28(2,3)18-8-6-17(7-9-18)24-23-25(32)21-14-19(29)10-13-22(21)34-26(23)27(33)31(24)15-16-4-11-20(30)12-5-16/h4-14,24H,15H2,1-3H3. The number of carbonyl (C=O) groups is 1. The number of hydrogen-bond donors (Lipinski definition) is 0. The number of hydrogen-bond acceptors (Lipinski definition) is 3. The molecule has 0 saturated carbocycles. The van der Waals surface area contributed by atoms with Gasteiger partial charge in [-0.05, 0) is 52.4 Å². The molecule has 6 heteroatoms. The molecule has 1 aromatic heterocycles. The zero-order valence-electron chi connectivity index (χ0n) is 19.1. The Balaban J connectivity index is 1.69. The molecule has 3 aromatic carbocycles. The predicted octanol–water partition coefficient (Wildman–Crippen LogP) is 6.63. The second-order valence-electron chi connectivity index (χ2n) is 9.65. The quantitative estimate of drug-likeness (QED) is 0.334. The molecule has 0 bridgehead atoms. The Morgan fingerprint density at radius 1 is 0.971 bits per heavy atom. The molecule has 1 aliphatic heterocycles. The number of amides is 1. The third kappa shape index (κ3) is 3.80. The third-order valence-electron chi connectivity index (χ3n) is 6.29. The Bertz CT molecular complexity index is 1470. The molecule has 1 unspecified atom stereocenters. The maximum absolute atomic E-state index is 13.6. The Morgan fingerprint density at radius 3 is 2.29 bits per heavy atom. The Kier molecular flexibility index (Phi) is 5.33. The molecule has 0 radical (unpaired) electrons. The van der Waals surface area contributed by atoms with E-state index >= 15 is 0 Å². The van der Waals surface area contributed by atoms with Gasteiger partial charge in [0.2, 0.25) is 5.76 Å². The number of benzene rings is 3. The summed E-state index contributed by atoms with van der Waals surface area (Å²) in [6.45, 7) is 6.58. The Hall–Kier alpha value is -3.44. The number of halogens is 2. The second kappa shape index (κ2) is 8.10. The van der Waals surface area contributed by atoms with Gasteiger partial charge in [0.25, 0.3) is 5.91 Å². The maximum atomic E-state index is 13.6. The molecule has 0 aliphatic carbocycles. The molecule has 0 spiro atoms. The molecular weight excluding hydrogens is 453 g/mol. The van der Waals surface area contributed by atoms with Crippen molar-refractivity contribution in [1.82, 2.24) is 4.90 Å². The van der Waals surface area contributed by atoms with Crippen molar-refractivity contribution in [1.29, 1.82) is 0 Å². The lowest BCUT2D eigenvalue weighted by Crippen LogP contribution is -2.29. The molecule has 2 heterocycles. The van der Waals surface area contributed by atoms with Gasteiger partial charge in [-0.25, -0.2) is 4.39 Å². The highest BCUT2D eigenvalue weighted by atomic mass is 35.5. The summed E-state index contributed by atoms with van der Waals surface area (Å²) in [5.74, 6) is -0.695. The van der Waals surface area contributed by atoms with Crippen molar-refractivity contribution in [3.63, 3.8) is 0 Å². The van der Waals surface area contributed by atoms with Gasteiger partial charge >= 0.3 is 0 Å². The van der Waals surface area contributed by atoms with Gasteiger partial charge in [-0.2, -0.15) is 0 Å². The first-order valence-corrected chi connectivity index (χ1v) is 11.4. The second-order valence-corrected chi connectivity index (χ2v) is 10.1. The zero-order chi connectivity index (χ0) is 24.2. The van der Waals surface area contributed by atoms with E-state index < -0.39 is 6.04 Å². The van der Waals surface area contributed by atoms with Crippen LogP contribution in [0.2, 0.25) is 5.02 Å². The summed E-state index contributed by atoms with van der Waals surface area (Å²) in [5, 5.41) is 0.748. The lowest BCUT2D eigenvalue weighted by atomic mass is 9.86. The summed E-state index contributed by atoms with van der Waals surface area (Å²) in [4.78, 5) is 28.8. The van der Waals surface area contributed by atoms with E-state index in [1.807, 2.05) is 24.3 Å². The number of carbonyl (C=O) groups excluding carboxylic acids is 1. The summed E-state index contributed by atoms with van der Waals surface area (Å²) in [7, 11) is 0. The summed E-state index contributed by atoms with van der Waals surface area (Å²) in [6, 6.07) is 18.1. The van der Waals surface area contributed by atoms with E-state index in [-0.39, 0.29) is 34.9 Å². The minimum Gasteiger partial charge on any atom is -0.450 e. The first-order chi connectivity index (χ1) is 16.1. The van der Waals surface area contributed by atoms with Gasteiger partial charge < -0.3 is 9.32 Å². The molecule has 1 aliphatic rings. The fourth-order valence-corrected chi connectivity index (χ4v) is 4.63. The molecule has 4 nitrogen and oxygen atoms in total. The zero-order valence-corrected chi connectivity index (χ0v) is 19.8. The lowest BCUT2D eigenvalue weighted by Gasteiger charge is -2.26. The average molecular weight is 476 g/mol. The molecule has 0 fully saturated rings. The molecule has 0 saturated heterocycles. The van der Waals surface area contributed by atoms with Gasteiger partial charge in [-0.15, -0.1) is 0 Å². The van der Waals surface area contributed by atoms with Gasteiger partial charge in [0.15, 0.2) is 5.43 Å². The average Bonchev–Trinajstić information content (AvgIpc) is 3.07. The molecule has 4 aromatic rings. The third-order valence-corrected chi connectivity index (χ3v) is 6.52. The van der Waals surface area contributed by atoms with Crippen LogP contribution in [-0.2, 0) is 12.0 Å². The van der Waals surface area contributed by atoms with Crippen LogP contribution in [0.1, 0.15) is 59.6 Å². The van der Waals surface area contributed by atoms with Crippen molar-refractivity contribution < 1.29 is 13.6 Å². The van der Waals surface area contributed by atoms with Crippen LogP contribution in [0, 0.1) is 5.82 Å². The van der Waals surface area contributed by atoms with E-state index in [1.54, 1.807) is 35.2 Å². The highest BCUT2D eigenvalue weighted by Crippen LogP contribution is 2.40. The SMILES string of the molecule is CC(C)(C)c1ccc(C2c3c(oc4ccc(Cl)cc4c3=O)C(=O)N2Cc2ccc(F)cc2)cc1. The monoisotopic (exact) mass is 475 g/mol. The van der Waals surface area contributed by atoms with Crippen LogP contribution in [0.25, 0.3) is 11.0 Å². The number of rotatable bonds is 3. The summed E-state index contributed by atoms with van der Waals surface area (Å²) < 4.78 is 19.4. The summed E-state index contributed by atoms with van der Waals surface area (Å²) >= 11 is 6.14. The molecular formula is C28H23ClFNO3. The van der Waals surface area contributed by atoms with E-state index in [2.05, 4.69) is 20.8 Å². The van der Waals surface area contributed by atoms with Gasteiger partial charge in [-0.3, -0.25) is 9.59 Å². The van der Waals surface area contributed by atoms with Crippen molar-refractivity contribution >= 4 is 28.5 Å². The van der Waals surface area contributed by atoms with Crippen molar-refractivity contribution in [3.8, 4) is 0 Å². The van der Waals surface area contributed by atoms with E-state index in [0.29, 0.717) is 21.6 Å². The van der Waals surface area contributed by atoms with Crippen molar-refractivity contribution in [2.75, 3.05) is 0 Å². The highest BCUT2D eigenvalue weighted by molar-refractivity contribution is 6.31. The molecule has 0 N–H and O–H groups in total. The van der Waals surface area contributed by atoms with Crippen LogP contribution in [0.5, 0.6) is 0 Å². The topological polar surface area (TPSA) is 50.5 Å². The number of fused-ring (bicyclic) bond motifs is 2. The van der Waals surface area contributed by atoms with Crippen LogP contribution in [0.4, 0.5) is 4.39 Å². The summed E-state index contributed by atoms with van der Waals surface area (Å²) in [6.07, 6.45) is 0. The van der Waals surface area contributed by atoms with Crippen LogP contribution in [-0.4, -0.2) is 10.8 Å². The first kappa shape index (κ1) is 22.4. The van der Waals surface area contributed by atoms with Crippen LogP contribution >= 0.6 is 11.6 Å². The smallest absolute Gasteiger partial charge is 0.291 e. The molecule has 1 atom stereocenters. The Morgan fingerprint density at radius 2 is 1.65 bits per heavy atom. The molecule has 172 valence electrons. The normalized spacial score (nSPS) is 15.7. The minimum atomic E-state index is -0.638. The number of nitrogens with zero attached hydrogens (tertiary/aromatic N) is 1. The van der Waals surface area contributed by atoms with E-state index in [9.17, 15) is 14.0 Å². The predicted molar refractivity (Wildman–Crippen MR) is 131 cm³/mol. The van der Waals surface area contributed by atoms with E-state index in [0.717, 1.165) is 16.7 Å². The van der Waals surface area contributed by atoms with Crippen molar-refractivity contribution in [2.45, 2.75) is 38.8 Å². The van der Waals surface area contributed by atoms with Crippen LogP contribution in [0.15, 0.2) is 75.9 Å². The minimum absolute atomic E-state index is 0.0341. The van der Waals surface area contributed by atoms with Crippen molar-refractivity contribution in [3.05, 3.63) is 116 Å². The molecule has 34 heavy (non-hydrogen) atoms. The summed E-state index contributed by atoms with van der Waals surface area (Å²) in [5.41, 5.74) is 2.98. The highest BCUT2D eigenvalue weighted by Gasteiger charge is 2.42.